The van der Waals surface area contributed by atoms with E-state index in [4.69, 9.17) is 0 Å². The summed E-state index contributed by atoms with van der Waals surface area (Å²) in [5.74, 6) is -0.363. The molecule has 0 atom stereocenters. The second-order valence-corrected chi connectivity index (χ2v) is 6.94. The quantitative estimate of drug-likeness (QED) is 0.873. The van der Waals surface area contributed by atoms with Crippen LogP contribution in [0, 0.1) is 19.7 Å². The predicted octanol–water partition coefficient (Wildman–Crippen LogP) is 2.01. The Bertz CT molecular complexity index is 806. The van der Waals surface area contributed by atoms with Gasteiger partial charge in [0.15, 0.2) is 0 Å². The number of hydrogen-bond acceptors (Lipinski definition) is 3. The molecule has 0 radical (unpaired) electrons. The Labute approximate surface area is 158 Å². The van der Waals surface area contributed by atoms with Crippen molar-refractivity contribution in [1.82, 2.24) is 20.0 Å². The molecular formula is C20H25FN4O2. The zero-order valence-corrected chi connectivity index (χ0v) is 15.8. The number of benzene rings is 1. The van der Waals surface area contributed by atoms with E-state index in [0.29, 0.717) is 44.6 Å². The number of amides is 2. The molecule has 2 heterocycles. The van der Waals surface area contributed by atoms with E-state index in [1.807, 2.05) is 13.8 Å². The number of aromatic nitrogens is 2. The summed E-state index contributed by atoms with van der Waals surface area (Å²) in [7, 11) is 0. The third-order valence-electron chi connectivity index (χ3n) is 5.15. The molecule has 2 aromatic rings. The number of carbonyl (C=O) groups excluding carboxylic acids is 2. The van der Waals surface area contributed by atoms with Crippen LogP contribution < -0.4 is 0 Å². The largest absolute Gasteiger partial charge is 0.339 e. The lowest BCUT2D eigenvalue weighted by Crippen LogP contribution is -2.51. The summed E-state index contributed by atoms with van der Waals surface area (Å²) < 4.78 is 13.7. The van der Waals surface area contributed by atoms with Gasteiger partial charge < -0.3 is 9.80 Å². The molecule has 144 valence electrons. The van der Waals surface area contributed by atoms with Gasteiger partial charge in [0, 0.05) is 38.3 Å². The maximum Gasteiger partial charge on any atom is 0.227 e. The molecule has 1 aromatic carbocycles. The molecule has 7 heteroatoms. The van der Waals surface area contributed by atoms with Crippen molar-refractivity contribution in [2.45, 2.75) is 33.1 Å². The number of aromatic amines is 1. The fraction of sp³-hybridized carbons (Fsp3) is 0.450. The van der Waals surface area contributed by atoms with Crippen LogP contribution in [0.15, 0.2) is 24.3 Å². The van der Waals surface area contributed by atoms with Crippen LogP contribution in [0.1, 0.15) is 28.9 Å². The van der Waals surface area contributed by atoms with Crippen LogP contribution in [0.4, 0.5) is 4.39 Å². The van der Waals surface area contributed by atoms with E-state index in [0.717, 1.165) is 17.0 Å². The molecule has 0 bridgehead atoms. The van der Waals surface area contributed by atoms with Gasteiger partial charge in [-0.15, -0.1) is 0 Å². The van der Waals surface area contributed by atoms with Crippen LogP contribution in [0.2, 0.25) is 0 Å². The minimum Gasteiger partial charge on any atom is -0.339 e. The lowest BCUT2D eigenvalue weighted by molar-refractivity contribution is -0.139. The maximum atomic E-state index is 13.7. The average molecular weight is 372 g/mol. The van der Waals surface area contributed by atoms with Crippen LogP contribution in [-0.4, -0.2) is 58.0 Å². The molecule has 0 spiro atoms. The molecule has 1 saturated heterocycles. The van der Waals surface area contributed by atoms with Crippen molar-refractivity contribution < 1.29 is 14.0 Å². The number of halogens is 1. The molecule has 0 unspecified atom stereocenters. The van der Waals surface area contributed by atoms with Gasteiger partial charge in [-0.05, 0) is 37.5 Å². The Morgan fingerprint density at radius 3 is 2.30 bits per heavy atom. The Balaban J connectivity index is 1.47. The van der Waals surface area contributed by atoms with Crippen molar-refractivity contribution in [2.75, 3.05) is 26.2 Å². The zero-order valence-electron chi connectivity index (χ0n) is 15.8. The van der Waals surface area contributed by atoms with Crippen molar-refractivity contribution in [1.29, 1.82) is 0 Å². The molecule has 1 aromatic heterocycles. The first-order valence-electron chi connectivity index (χ1n) is 9.25. The van der Waals surface area contributed by atoms with Crippen LogP contribution in [0.5, 0.6) is 0 Å². The summed E-state index contributed by atoms with van der Waals surface area (Å²) in [5.41, 5.74) is 3.45. The normalized spacial score (nSPS) is 14.5. The topological polar surface area (TPSA) is 69.3 Å². The van der Waals surface area contributed by atoms with Crippen LogP contribution >= 0.6 is 0 Å². The fourth-order valence-electron chi connectivity index (χ4n) is 3.45. The van der Waals surface area contributed by atoms with E-state index in [1.54, 1.807) is 28.0 Å². The average Bonchev–Trinajstić information content (AvgIpc) is 2.99. The van der Waals surface area contributed by atoms with Gasteiger partial charge in [-0.3, -0.25) is 14.7 Å². The highest BCUT2D eigenvalue weighted by Crippen LogP contribution is 2.14. The highest BCUT2D eigenvalue weighted by atomic mass is 19.1. The minimum absolute atomic E-state index is 0.0552. The van der Waals surface area contributed by atoms with Crippen molar-refractivity contribution in [3.05, 3.63) is 52.6 Å². The number of piperazine rings is 1. The van der Waals surface area contributed by atoms with Gasteiger partial charge in [0.25, 0.3) is 0 Å². The molecule has 1 aliphatic heterocycles. The first kappa shape index (κ1) is 19.1. The lowest BCUT2D eigenvalue weighted by Gasteiger charge is -2.35. The van der Waals surface area contributed by atoms with Crippen molar-refractivity contribution in [3.63, 3.8) is 0 Å². The Morgan fingerprint density at radius 1 is 1.07 bits per heavy atom. The maximum absolute atomic E-state index is 13.7. The monoisotopic (exact) mass is 372 g/mol. The summed E-state index contributed by atoms with van der Waals surface area (Å²) in [6.07, 6.45) is 1.16. The van der Waals surface area contributed by atoms with Gasteiger partial charge in [-0.25, -0.2) is 4.39 Å². The van der Waals surface area contributed by atoms with E-state index in [1.165, 1.54) is 6.07 Å². The van der Waals surface area contributed by atoms with Gasteiger partial charge in [-0.1, -0.05) is 18.2 Å². The highest BCUT2D eigenvalue weighted by Gasteiger charge is 2.24. The third-order valence-corrected chi connectivity index (χ3v) is 5.15. The van der Waals surface area contributed by atoms with E-state index < -0.39 is 0 Å². The number of nitrogens with one attached hydrogen (secondary N) is 1. The second-order valence-electron chi connectivity index (χ2n) is 6.94. The summed E-state index contributed by atoms with van der Waals surface area (Å²) in [5, 5.41) is 7.09. The fourth-order valence-corrected chi connectivity index (χ4v) is 3.45. The first-order valence-corrected chi connectivity index (χ1v) is 9.25. The molecular weight excluding hydrogens is 347 g/mol. The van der Waals surface area contributed by atoms with E-state index in [9.17, 15) is 14.0 Å². The third kappa shape index (κ3) is 4.53. The number of carbonyl (C=O) groups is 2. The van der Waals surface area contributed by atoms with Gasteiger partial charge >= 0.3 is 0 Å². The van der Waals surface area contributed by atoms with Crippen LogP contribution in [0.3, 0.4) is 0 Å². The number of hydrogen-bond donors (Lipinski definition) is 1. The molecule has 0 saturated carbocycles. The first-order chi connectivity index (χ1) is 13.0. The standard InChI is InChI=1S/C20H25FN4O2/c1-14-17(15(2)23-22-14)7-8-19(26)24-9-11-25(12-10-24)20(27)13-16-5-3-4-6-18(16)21/h3-6H,7-13H2,1-2H3,(H,22,23). The van der Waals surface area contributed by atoms with Crippen molar-refractivity contribution in [2.24, 2.45) is 0 Å². The van der Waals surface area contributed by atoms with Gasteiger partial charge in [-0.2, -0.15) is 5.10 Å². The summed E-state index contributed by atoms with van der Waals surface area (Å²) in [6.45, 7) is 5.91. The van der Waals surface area contributed by atoms with Gasteiger partial charge in [0.1, 0.15) is 5.82 Å². The number of aryl methyl sites for hydroxylation is 2. The Morgan fingerprint density at radius 2 is 1.70 bits per heavy atom. The summed E-state index contributed by atoms with van der Waals surface area (Å²) in [4.78, 5) is 28.4. The second kappa shape index (κ2) is 8.33. The van der Waals surface area contributed by atoms with Crippen LogP contribution in [-0.2, 0) is 22.4 Å². The van der Waals surface area contributed by atoms with Crippen molar-refractivity contribution >= 4 is 11.8 Å². The number of rotatable bonds is 5. The molecule has 6 nitrogen and oxygen atoms in total. The highest BCUT2D eigenvalue weighted by molar-refractivity contribution is 5.80. The number of H-pyrrole nitrogens is 1. The zero-order chi connectivity index (χ0) is 19.4. The van der Waals surface area contributed by atoms with E-state index in [2.05, 4.69) is 10.2 Å². The van der Waals surface area contributed by atoms with Crippen LogP contribution in [0.25, 0.3) is 0 Å². The smallest absolute Gasteiger partial charge is 0.227 e. The minimum atomic E-state index is -0.357. The predicted molar refractivity (Wildman–Crippen MR) is 99.6 cm³/mol. The van der Waals surface area contributed by atoms with E-state index in [-0.39, 0.29) is 24.1 Å². The molecule has 2 amide bonds. The molecule has 1 fully saturated rings. The van der Waals surface area contributed by atoms with Crippen molar-refractivity contribution in [3.8, 4) is 0 Å². The molecule has 1 N–H and O–H groups in total. The molecule has 0 aliphatic carbocycles. The Kier molecular flexibility index (Phi) is 5.88. The van der Waals surface area contributed by atoms with Gasteiger partial charge in [0.05, 0.1) is 12.1 Å². The molecule has 27 heavy (non-hydrogen) atoms. The SMILES string of the molecule is Cc1n[nH]c(C)c1CCC(=O)N1CCN(C(=O)Cc2ccccc2F)CC1. The summed E-state index contributed by atoms with van der Waals surface area (Å²) >= 11 is 0. The summed E-state index contributed by atoms with van der Waals surface area (Å²) in [6, 6.07) is 6.33. The van der Waals surface area contributed by atoms with E-state index >= 15 is 0 Å². The molecule has 3 rings (SSSR count). The molecule has 1 aliphatic rings. The number of nitrogens with zero attached hydrogens (tertiary/aromatic N) is 3. The lowest BCUT2D eigenvalue weighted by atomic mass is 10.1. The van der Waals surface area contributed by atoms with Gasteiger partial charge in [0.2, 0.25) is 11.8 Å². The Hall–Kier alpha value is -2.70.